The fraction of sp³-hybridized carbons (Fsp3) is 0.333. The van der Waals surface area contributed by atoms with E-state index in [1.807, 2.05) is 30.3 Å². The highest BCUT2D eigenvalue weighted by Crippen LogP contribution is 2.14. The zero-order chi connectivity index (χ0) is 30.0. The van der Waals surface area contributed by atoms with E-state index in [9.17, 15) is 19.2 Å². The summed E-state index contributed by atoms with van der Waals surface area (Å²) in [5, 5.41) is 18.0. The van der Waals surface area contributed by atoms with Crippen molar-refractivity contribution < 1.29 is 38.9 Å². The summed E-state index contributed by atoms with van der Waals surface area (Å²) in [5.41, 5.74) is 0.961. The lowest BCUT2D eigenvalue weighted by molar-refractivity contribution is 0.0462. The Morgan fingerprint density at radius 1 is 0.585 bits per heavy atom. The molecule has 3 rings (SSSR count). The van der Waals surface area contributed by atoms with Gasteiger partial charge in [-0.1, -0.05) is 101 Å². The first-order valence-corrected chi connectivity index (χ1v) is 13.7. The number of hydrogen-bond donors (Lipinski definition) is 2. The lowest BCUT2D eigenvalue weighted by Gasteiger charge is -2.07. The molecule has 0 aliphatic heterocycles. The van der Waals surface area contributed by atoms with Gasteiger partial charge in [-0.25, -0.2) is 19.2 Å². The molecular weight excluding hydrogens is 524 g/mol. The van der Waals surface area contributed by atoms with Crippen molar-refractivity contribution >= 4 is 23.9 Å². The highest BCUT2D eigenvalue weighted by molar-refractivity contribution is 6.03. The number of carboxylic acid groups (broad SMARTS) is 2. The minimum atomic E-state index is -1.15. The monoisotopic (exact) mass is 562 g/mol. The second-order valence-corrected chi connectivity index (χ2v) is 9.85. The van der Waals surface area contributed by atoms with E-state index >= 15 is 0 Å². The van der Waals surface area contributed by atoms with Crippen LogP contribution in [0.25, 0.3) is 0 Å². The molecule has 0 radical (unpaired) electrons. The van der Waals surface area contributed by atoms with Crippen LogP contribution in [0.4, 0.5) is 0 Å². The molecule has 0 aliphatic carbocycles. The molecule has 0 heterocycles. The molecule has 0 amide bonds. The number of hydrogen-bond acceptors (Lipinski definition) is 6. The van der Waals surface area contributed by atoms with Crippen molar-refractivity contribution in [2.24, 2.45) is 5.92 Å². The van der Waals surface area contributed by atoms with E-state index < -0.39 is 23.9 Å². The number of ether oxygens (including phenoxy) is 2. The predicted octanol–water partition coefficient (Wildman–Crippen LogP) is 7.28. The number of carbonyl (C=O) groups excluding carboxylic acids is 2. The van der Waals surface area contributed by atoms with Gasteiger partial charge in [-0.05, 0) is 42.2 Å². The number of benzene rings is 3. The predicted molar refractivity (Wildman–Crippen MR) is 155 cm³/mol. The fourth-order valence-electron chi connectivity index (χ4n) is 3.92. The average molecular weight is 563 g/mol. The average Bonchev–Trinajstić information content (AvgIpc) is 2.97. The lowest BCUT2D eigenvalue weighted by atomic mass is 10.0. The first-order chi connectivity index (χ1) is 19.7. The SMILES string of the molecule is CC(C)CCCCCCCOC(=O)c1ccccc1C(=O)O.O=C(O)c1ccccc1C(=O)OCc1ccccc1. The maximum atomic E-state index is 11.9. The first-order valence-electron chi connectivity index (χ1n) is 13.7. The zero-order valence-corrected chi connectivity index (χ0v) is 23.6. The van der Waals surface area contributed by atoms with E-state index in [1.165, 1.54) is 43.5 Å². The van der Waals surface area contributed by atoms with E-state index in [0.29, 0.717) is 6.61 Å². The van der Waals surface area contributed by atoms with Crippen molar-refractivity contribution in [2.75, 3.05) is 6.61 Å². The number of carboxylic acids is 2. The summed E-state index contributed by atoms with van der Waals surface area (Å²) in [4.78, 5) is 45.8. The number of carbonyl (C=O) groups is 4. The van der Waals surface area contributed by atoms with Crippen molar-refractivity contribution in [2.45, 2.75) is 59.0 Å². The van der Waals surface area contributed by atoms with E-state index in [1.54, 1.807) is 24.3 Å². The Balaban J connectivity index is 0.000000289. The van der Waals surface area contributed by atoms with Crippen LogP contribution in [0.5, 0.6) is 0 Å². The molecule has 0 saturated heterocycles. The minimum absolute atomic E-state index is 0.0128. The molecule has 0 saturated carbocycles. The van der Waals surface area contributed by atoms with Crippen LogP contribution in [0, 0.1) is 5.92 Å². The van der Waals surface area contributed by atoms with Crippen LogP contribution < -0.4 is 0 Å². The van der Waals surface area contributed by atoms with Crippen LogP contribution in [0.2, 0.25) is 0 Å². The quantitative estimate of drug-likeness (QED) is 0.155. The molecule has 3 aromatic carbocycles. The Morgan fingerprint density at radius 3 is 1.54 bits per heavy atom. The van der Waals surface area contributed by atoms with Gasteiger partial charge in [-0.3, -0.25) is 0 Å². The molecule has 0 unspecified atom stereocenters. The second kappa shape index (κ2) is 18.0. The maximum absolute atomic E-state index is 11.9. The van der Waals surface area contributed by atoms with Crippen molar-refractivity contribution in [1.29, 1.82) is 0 Å². The summed E-state index contributed by atoms with van der Waals surface area (Å²) in [5.74, 6) is -2.69. The van der Waals surface area contributed by atoms with Crippen molar-refractivity contribution in [3.63, 3.8) is 0 Å². The van der Waals surface area contributed by atoms with Crippen molar-refractivity contribution in [1.82, 2.24) is 0 Å². The molecule has 0 aliphatic rings. The smallest absolute Gasteiger partial charge is 0.339 e. The van der Waals surface area contributed by atoms with Gasteiger partial charge in [0.2, 0.25) is 0 Å². The largest absolute Gasteiger partial charge is 0.478 e. The molecule has 0 atom stereocenters. The standard InChI is InChI=1S/C18H26O4.C15H12O4/c1-14(2)10-6-4-3-5-9-13-22-18(21)16-12-8-7-11-15(16)17(19)20;16-14(17)12-8-4-5-9-13(12)15(18)19-10-11-6-2-1-3-7-11/h7-8,11-12,14H,3-6,9-10,13H2,1-2H3,(H,19,20);1-9H,10H2,(H,16,17). The molecular formula is C33H38O8. The Hall–Kier alpha value is -4.46. The van der Waals surface area contributed by atoms with Crippen LogP contribution in [0.3, 0.4) is 0 Å². The Kier molecular flexibility index (Phi) is 14.4. The molecule has 0 fully saturated rings. The topological polar surface area (TPSA) is 127 Å². The van der Waals surface area contributed by atoms with Crippen LogP contribution in [0.15, 0.2) is 78.9 Å². The second-order valence-electron chi connectivity index (χ2n) is 9.85. The van der Waals surface area contributed by atoms with Crippen LogP contribution in [-0.2, 0) is 16.1 Å². The minimum Gasteiger partial charge on any atom is -0.478 e. The Morgan fingerprint density at radius 2 is 1.02 bits per heavy atom. The van der Waals surface area contributed by atoms with Gasteiger partial charge in [-0.15, -0.1) is 0 Å². The molecule has 3 aromatic rings. The fourth-order valence-corrected chi connectivity index (χ4v) is 3.92. The van der Waals surface area contributed by atoms with Crippen LogP contribution in [0.1, 0.15) is 99.4 Å². The van der Waals surface area contributed by atoms with Crippen molar-refractivity contribution in [3.05, 3.63) is 107 Å². The Bertz CT molecular complexity index is 1270. The summed E-state index contributed by atoms with van der Waals surface area (Å²) in [6.07, 6.45) is 6.74. The van der Waals surface area contributed by atoms with Gasteiger partial charge in [0.1, 0.15) is 6.61 Å². The van der Waals surface area contributed by atoms with Crippen LogP contribution >= 0.6 is 0 Å². The lowest BCUT2D eigenvalue weighted by Crippen LogP contribution is -2.12. The molecule has 8 nitrogen and oxygen atoms in total. The molecule has 0 aromatic heterocycles. The van der Waals surface area contributed by atoms with Gasteiger partial charge in [0.05, 0.1) is 28.9 Å². The Labute approximate surface area is 240 Å². The van der Waals surface area contributed by atoms with Crippen molar-refractivity contribution in [3.8, 4) is 0 Å². The van der Waals surface area contributed by atoms with Crippen LogP contribution in [-0.4, -0.2) is 40.7 Å². The third-order valence-corrected chi connectivity index (χ3v) is 6.13. The van der Waals surface area contributed by atoms with E-state index in [2.05, 4.69) is 13.8 Å². The van der Waals surface area contributed by atoms with Gasteiger partial charge in [-0.2, -0.15) is 0 Å². The molecule has 2 N–H and O–H groups in total. The van der Waals surface area contributed by atoms with E-state index in [-0.39, 0.29) is 28.9 Å². The third-order valence-electron chi connectivity index (χ3n) is 6.13. The normalized spacial score (nSPS) is 10.3. The molecule has 41 heavy (non-hydrogen) atoms. The highest BCUT2D eigenvalue weighted by atomic mass is 16.5. The number of aromatic carboxylic acids is 2. The van der Waals surface area contributed by atoms with Gasteiger partial charge in [0, 0.05) is 0 Å². The summed E-state index contributed by atoms with van der Waals surface area (Å²) >= 11 is 0. The number of esters is 2. The van der Waals surface area contributed by atoms with E-state index in [4.69, 9.17) is 19.7 Å². The maximum Gasteiger partial charge on any atom is 0.339 e. The zero-order valence-electron chi connectivity index (χ0n) is 23.6. The van der Waals surface area contributed by atoms with Gasteiger partial charge < -0.3 is 19.7 Å². The van der Waals surface area contributed by atoms with Gasteiger partial charge in [0.15, 0.2) is 0 Å². The van der Waals surface area contributed by atoms with Gasteiger partial charge in [0.25, 0.3) is 0 Å². The summed E-state index contributed by atoms with van der Waals surface area (Å²) in [7, 11) is 0. The number of unbranched alkanes of at least 4 members (excludes halogenated alkanes) is 4. The van der Waals surface area contributed by atoms with E-state index in [0.717, 1.165) is 30.7 Å². The molecule has 0 spiro atoms. The molecule has 218 valence electrons. The highest BCUT2D eigenvalue weighted by Gasteiger charge is 2.17. The molecule has 8 heteroatoms. The third kappa shape index (κ3) is 12.1. The molecule has 0 bridgehead atoms. The number of rotatable bonds is 14. The summed E-state index contributed by atoms with van der Waals surface area (Å²) < 4.78 is 10.3. The summed E-state index contributed by atoms with van der Waals surface area (Å²) in [6, 6.07) is 21.3. The van der Waals surface area contributed by atoms with Gasteiger partial charge >= 0.3 is 23.9 Å². The first kappa shape index (κ1) is 32.8. The summed E-state index contributed by atoms with van der Waals surface area (Å²) in [6.45, 7) is 4.92.